The average Bonchev–Trinajstić information content (AvgIpc) is 2.60. The molecule has 15 heavy (non-hydrogen) atoms. The van der Waals surface area contributed by atoms with E-state index in [0.717, 1.165) is 13.0 Å². The molecule has 0 bridgehead atoms. The zero-order valence-electron chi connectivity index (χ0n) is 9.81. The number of hydrogen-bond donors (Lipinski definition) is 2. The average molecular weight is 210 g/mol. The highest BCUT2D eigenvalue weighted by atomic mass is 16.2. The summed E-state index contributed by atoms with van der Waals surface area (Å²) in [4.78, 5) is 11.7. The van der Waals surface area contributed by atoms with Gasteiger partial charge in [0.2, 0.25) is 5.91 Å². The van der Waals surface area contributed by atoms with Crippen molar-refractivity contribution >= 4 is 5.91 Å². The van der Waals surface area contributed by atoms with E-state index in [9.17, 15) is 4.79 Å². The van der Waals surface area contributed by atoms with E-state index in [1.165, 1.54) is 25.7 Å². The van der Waals surface area contributed by atoms with Crippen molar-refractivity contribution in [3.05, 3.63) is 0 Å². The van der Waals surface area contributed by atoms with Gasteiger partial charge in [0.25, 0.3) is 0 Å². The van der Waals surface area contributed by atoms with Gasteiger partial charge in [-0.15, -0.1) is 0 Å². The Morgan fingerprint density at radius 2 is 2.07 bits per heavy atom. The third-order valence-electron chi connectivity index (χ3n) is 3.67. The summed E-state index contributed by atoms with van der Waals surface area (Å²) in [6.07, 6.45) is 6.01. The molecule has 1 atom stereocenters. The van der Waals surface area contributed by atoms with Gasteiger partial charge in [-0.05, 0) is 25.2 Å². The smallest absolute Gasteiger partial charge is 0.237 e. The van der Waals surface area contributed by atoms with E-state index in [-0.39, 0.29) is 17.5 Å². The quantitative estimate of drug-likeness (QED) is 0.724. The van der Waals surface area contributed by atoms with Crippen LogP contribution in [0, 0.1) is 5.92 Å². The summed E-state index contributed by atoms with van der Waals surface area (Å²) in [6, 6.07) is 0.0387. The largest absolute Gasteiger partial charge is 0.353 e. The Balaban J connectivity index is 2.00. The predicted molar refractivity (Wildman–Crippen MR) is 60.6 cm³/mol. The van der Waals surface area contributed by atoms with Crippen LogP contribution in [0.25, 0.3) is 0 Å². The van der Waals surface area contributed by atoms with Gasteiger partial charge in [-0.2, -0.15) is 0 Å². The highest BCUT2D eigenvalue weighted by Gasteiger charge is 2.41. The Morgan fingerprint density at radius 3 is 2.67 bits per heavy atom. The van der Waals surface area contributed by atoms with Crippen LogP contribution in [-0.2, 0) is 4.79 Å². The Bertz CT molecular complexity index is 244. The second-order valence-electron chi connectivity index (χ2n) is 5.53. The fraction of sp³-hybridized carbons (Fsp3) is 0.917. The Labute approximate surface area is 92.0 Å². The summed E-state index contributed by atoms with van der Waals surface area (Å²) in [5, 5.41) is 6.67. The topological polar surface area (TPSA) is 41.1 Å². The van der Waals surface area contributed by atoms with Gasteiger partial charge < -0.3 is 5.32 Å². The third kappa shape index (κ3) is 2.33. The molecule has 1 aliphatic carbocycles. The molecule has 3 nitrogen and oxygen atoms in total. The zero-order valence-corrected chi connectivity index (χ0v) is 9.81. The van der Waals surface area contributed by atoms with Crippen molar-refractivity contribution in [1.29, 1.82) is 0 Å². The van der Waals surface area contributed by atoms with Crippen LogP contribution < -0.4 is 10.6 Å². The van der Waals surface area contributed by atoms with E-state index in [2.05, 4.69) is 24.5 Å². The van der Waals surface area contributed by atoms with Crippen LogP contribution in [0.4, 0.5) is 0 Å². The fourth-order valence-electron chi connectivity index (χ4n) is 2.88. The molecule has 1 saturated heterocycles. The van der Waals surface area contributed by atoms with Gasteiger partial charge in [0.15, 0.2) is 0 Å². The van der Waals surface area contributed by atoms with Crippen LogP contribution in [0.5, 0.6) is 0 Å². The highest BCUT2D eigenvalue weighted by Crippen LogP contribution is 2.31. The van der Waals surface area contributed by atoms with Crippen LogP contribution in [-0.4, -0.2) is 24.0 Å². The Morgan fingerprint density at radius 1 is 1.40 bits per heavy atom. The molecule has 2 fully saturated rings. The van der Waals surface area contributed by atoms with Gasteiger partial charge in [-0.3, -0.25) is 10.1 Å². The first-order chi connectivity index (χ1) is 7.11. The van der Waals surface area contributed by atoms with Crippen molar-refractivity contribution in [2.75, 3.05) is 6.54 Å². The Kier molecular flexibility index (Phi) is 3.01. The first-order valence-electron chi connectivity index (χ1n) is 6.17. The Hall–Kier alpha value is -0.570. The van der Waals surface area contributed by atoms with Crippen molar-refractivity contribution in [2.45, 2.75) is 57.5 Å². The number of piperazine rings is 1. The van der Waals surface area contributed by atoms with Gasteiger partial charge in [0, 0.05) is 12.1 Å². The van der Waals surface area contributed by atoms with E-state index >= 15 is 0 Å². The van der Waals surface area contributed by atoms with Crippen molar-refractivity contribution < 1.29 is 4.79 Å². The van der Waals surface area contributed by atoms with Crippen molar-refractivity contribution in [1.82, 2.24) is 10.6 Å². The summed E-state index contributed by atoms with van der Waals surface area (Å²) >= 11 is 0. The summed E-state index contributed by atoms with van der Waals surface area (Å²) in [7, 11) is 0. The number of amides is 1. The number of hydrogen-bond acceptors (Lipinski definition) is 2. The van der Waals surface area contributed by atoms with Crippen LogP contribution in [0.3, 0.4) is 0 Å². The molecule has 0 unspecified atom stereocenters. The van der Waals surface area contributed by atoms with E-state index in [1.807, 2.05) is 0 Å². The lowest BCUT2D eigenvalue weighted by atomic mass is 9.90. The molecule has 1 saturated carbocycles. The monoisotopic (exact) mass is 210 g/mol. The van der Waals surface area contributed by atoms with E-state index in [0.29, 0.717) is 5.92 Å². The lowest BCUT2D eigenvalue weighted by Gasteiger charge is -2.40. The molecule has 0 aromatic heterocycles. The van der Waals surface area contributed by atoms with E-state index in [4.69, 9.17) is 0 Å². The minimum atomic E-state index is 0.0387. The minimum Gasteiger partial charge on any atom is -0.353 e. The van der Waals surface area contributed by atoms with Crippen LogP contribution in [0.15, 0.2) is 0 Å². The number of rotatable bonds is 2. The number of nitrogens with one attached hydrogen (secondary N) is 2. The van der Waals surface area contributed by atoms with E-state index in [1.54, 1.807) is 0 Å². The maximum atomic E-state index is 11.7. The first-order valence-corrected chi connectivity index (χ1v) is 6.17. The molecule has 1 heterocycles. The molecule has 1 spiro atoms. The van der Waals surface area contributed by atoms with Crippen LogP contribution >= 0.6 is 0 Å². The third-order valence-corrected chi connectivity index (χ3v) is 3.67. The second-order valence-corrected chi connectivity index (χ2v) is 5.53. The maximum absolute atomic E-state index is 11.7. The van der Waals surface area contributed by atoms with Crippen molar-refractivity contribution in [3.63, 3.8) is 0 Å². The van der Waals surface area contributed by atoms with Crippen molar-refractivity contribution in [2.24, 2.45) is 5.92 Å². The molecule has 1 aliphatic heterocycles. The molecule has 1 amide bonds. The maximum Gasteiger partial charge on any atom is 0.237 e. The fourth-order valence-corrected chi connectivity index (χ4v) is 2.88. The second kappa shape index (κ2) is 4.12. The predicted octanol–water partition coefficient (Wildman–Crippen LogP) is 1.43. The van der Waals surface area contributed by atoms with Crippen LogP contribution in [0.2, 0.25) is 0 Å². The van der Waals surface area contributed by atoms with E-state index < -0.39 is 0 Å². The molecule has 0 radical (unpaired) electrons. The van der Waals surface area contributed by atoms with Gasteiger partial charge in [0.1, 0.15) is 0 Å². The molecule has 0 aromatic rings. The summed E-state index contributed by atoms with van der Waals surface area (Å²) in [5.41, 5.74) is 0.230. The van der Waals surface area contributed by atoms with Gasteiger partial charge in [-0.25, -0.2) is 0 Å². The molecule has 86 valence electrons. The van der Waals surface area contributed by atoms with Gasteiger partial charge >= 0.3 is 0 Å². The normalized spacial score (nSPS) is 29.8. The standard InChI is InChI=1S/C12H22N2O/c1-9(2)7-10-11(15)13-8-12(14-10)5-3-4-6-12/h9-10,14H,3-8H2,1-2H3,(H,13,15)/t10-/m0/s1. The lowest BCUT2D eigenvalue weighted by molar-refractivity contribution is -0.126. The summed E-state index contributed by atoms with van der Waals surface area (Å²) < 4.78 is 0. The molecular formula is C12H22N2O. The summed E-state index contributed by atoms with van der Waals surface area (Å²) in [6.45, 7) is 5.18. The molecule has 2 aliphatic rings. The first kappa shape index (κ1) is 10.9. The molecule has 0 aromatic carbocycles. The lowest BCUT2D eigenvalue weighted by Crippen LogP contribution is -2.65. The SMILES string of the molecule is CC(C)C[C@@H]1NC2(CCCC2)CNC1=O. The van der Waals surface area contributed by atoms with Crippen LogP contribution in [0.1, 0.15) is 46.0 Å². The number of carbonyl (C=O) groups excluding carboxylic acids is 1. The van der Waals surface area contributed by atoms with Crippen molar-refractivity contribution in [3.8, 4) is 0 Å². The molecule has 2 N–H and O–H groups in total. The summed E-state index contributed by atoms with van der Waals surface area (Å²) in [5.74, 6) is 0.769. The zero-order chi connectivity index (χ0) is 10.9. The molecule has 3 heteroatoms. The number of carbonyl (C=O) groups is 1. The van der Waals surface area contributed by atoms with Gasteiger partial charge in [-0.1, -0.05) is 26.7 Å². The minimum absolute atomic E-state index is 0.0387. The van der Waals surface area contributed by atoms with Gasteiger partial charge in [0.05, 0.1) is 6.04 Å². The molecular weight excluding hydrogens is 188 g/mol. The molecule has 2 rings (SSSR count). The highest BCUT2D eigenvalue weighted by molar-refractivity contribution is 5.82.